The van der Waals surface area contributed by atoms with Gasteiger partial charge in [-0.15, -0.1) is 0 Å². The van der Waals surface area contributed by atoms with E-state index in [1.54, 1.807) is 0 Å². The molecule has 0 unspecified atom stereocenters. The van der Waals surface area contributed by atoms with Crippen LogP contribution in [0.5, 0.6) is 0 Å². The molecule has 0 spiro atoms. The zero-order valence-corrected chi connectivity index (χ0v) is 8.52. The normalized spacial score (nSPS) is 10.2. The molecule has 0 bridgehead atoms. The van der Waals surface area contributed by atoms with Crippen molar-refractivity contribution in [3.63, 3.8) is 0 Å². The second kappa shape index (κ2) is 4.92. The summed E-state index contributed by atoms with van der Waals surface area (Å²) in [7, 11) is 0. The average molecular weight is 230 g/mol. The number of ketones is 2. The Labute approximate surface area is 90.1 Å². The highest BCUT2D eigenvalue weighted by Crippen LogP contribution is 2.14. The Balaban J connectivity index is 2.82. The van der Waals surface area contributed by atoms with Gasteiger partial charge < -0.3 is 0 Å². The molecule has 0 heterocycles. The predicted octanol–water partition coefficient (Wildman–Crippen LogP) is 2.19. The number of carbonyl (C=O) groups excluding carboxylic acids is 2. The Morgan fingerprint density at radius 3 is 2.06 bits per heavy atom. The van der Waals surface area contributed by atoms with Crippen molar-refractivity contribution in [3.05, 3.63) is 35.1 Å². The summed E-state index contributed by atoms with van der Waals surface area (Å²) in [5, 5.41) is 0. The Morgan fingerprint density at radius 2 is 1.62 bits per heavy atom. The molecule has 0 aromatic heterocycles. The van der Waals surface area contributed by atoms with E-state index >= 15 is 0 Å². The minimum Gasteiger partial charge on any atom is -0.300 e. The molecule has 0 radical (unpaired) electrons. The standard InChI is InChI=1S/C11H9F3O2/c1-6(15)2-8(16)3-7-4-9(12)11(14)10(13)5-7/h4-5H,2-3H2,1H3. The van der Waals surface area contributed by atoms with E-state index in [1.165, 1.54) is 6.92 Å². The molecule has 0 saturated carbocycles. The van der Waals surface area contributed by atoms with E-state index in [1.807, 2.05) is 0 Å². The van der Waals surface area contributed by atoms with Crippen molar-refractivity contribution in [2.45, 2.75) is 19.8 Å². The molecule has 0 aliphatic carbocycles. The fourth-order valence-electron chi connectivity index (χ4n) is 1.28. The SMILES string of the molecule is CC(=O)CC(=O)Cc1cc(F)c(F)c(F)c1. The van der Waals surface area contributed by atoms with Crippen LogP contribution >= 0.6 is 0 Å². The molecule has 5 heteroatoms. The molecule has 0 amide bonds. The lowest BCUT2D eigenvalue weighted by Gasteiger charge is -2.02. The summed E-state index contributed by atoms with van der Waals surface area (Å²) in [6, 6.07) is 1.49. The van der Waals surface area contributed by atoms with E-state index in [0.29, 0.717) is 0 Å². The topological polar surface area (TPSA) is 34.1 Å². The fraction of sp³-hybridized carbons (Fsp3) is 0.273. The highest BCUT2D eigenvalue weighted by atomic mass is 19.2. The van der Waals surface area contributed by atoms with Gasteiger partial charge in [-0.05, 0) is 24.6 Å². The highest BCUT2D eigenvalue weighted by molar-refractivity contribution is 5.98. The smallest absolute Gasteiger partial charge is 0.194 e. The lowest BCUT2D eigenvalue weighted by atomic mass is 10.1. The number of hydrogen-bond donors (Lipinski definition) is 0. The summed E-state index contributed by atoms with van der Waals surface area (Å²) >= 11 is 0. The Morgan fingerprint density at radius 1 is 1.12 bits per heavy atom. The second-order valence-electron chi connectivity index (χ2n) is 3.47. The zero-order valence-electron chi connectivity index (χ0n) is 8.52. The van der Waals surface area contributed by atoms with Crippen LogP contribution < -0.4 is 0 Å². The molecule has 0 aliphatic heterocycles. The van der Waals surface area contributed by atoms with Crippen molar-refractivity contribution < 1.29 is 22.8 Å². The van der Waals surface area contributed by atoms with Crippen molar-refractivity contribution in [3.8, 4) is 0 Å². The first kappa shape index (κ1) is 12.4. The van der Waals surface area contributed by atoms with Gasteiger partial charge in [0.05, 0.1) is 6.42 Å². The van der Waals surface area contributed by atoms with Crippen LogP contribution in [0.4, 0.5) is 13.2 Å². The van der Waals surface area contributed by atoms with Crippen LogP contribution in [-0.2, 0) is 16.0 Å². The molecule has 0 saturated heterocycles. The van der Waals surface area contributed by atoms with Gasteiger partial charge in [-0.2, -0.15) is 0 Å². The molecule has 2 nitrogen and oxygen atoms in total. The van der Waals surface area contributed by atoms with Gasteiger partial charge in [0.25, 0.3) is 0 Å². The van der Waals surface area contributed by atoms with Crippen molar-refractivity contribution >= 4 is 11.6 Å². The van der Waals surface area contributed by atoms with Crippen LogP contribution in [-0.4, -0.2) is 11.6 Å². The molecule has 1 aromatic carbocycles. The van der Waals surface area contributed by atoms with Gasteiger partial charge in [0.1, 0.15) is 11.6 Å². The molecular formula is C11H9F3O2. The number of carbonyl (C=O) groups is 2. The maximum atomic E-state index is 12.8. The Kier molecular flexibility index (Phi) is 3.82. The summed E-state index contributed by atoms with van der Waals surface area (Å²) in [6.45, 7) is 1.24. The summed E-state index contributed by atoms with van der Waals surface area (Å²) in [5.41, 5.74) is 0.0163. The Bertz CT molecular complexity index is 418. The van der Waals surface area contributed by atoms with Gasteiger partial charge in [0.2, 0.25) is 0 Å². The van der Waals surface area contributed by atoms with Crippen LogP contribution in [0, 0.1) is 17.5 Å². The quantitative estimate of drug-likeness (QED) is 0.587. The molecule has 0 aliphatic rings. The van der Waals surface area contributed by atoms with Crippen molar-refractivity contribution in [2.24, 2.45) is 0 Å². The van der Waals surface area contributed by atoms with Crippen LogP contribution in [0.1, 0.15) is 18.9 Å². The minimum atomic E-state index is -1.57. The van der Waals surface area contributed by atoms with E-state index in [-0.39, 0.29) is 24.2 Å². The molecular weight excluding hydrogens is 221 g/mol. The van der Waals surface area contributed by atoms with Crippen molar-refractivity contribution in [1.82, 2.24) is 0 Å². The summed E-state index contributed by atoms with van der Waals surface area (Å²) in [6.07, 6.45) is -0.575. The van der Waals surface area contributed by atoms with Gasteiger partial charge in [-0.25, -0.2) is 13.2 Å². The molecule has 86 valence electrons. The summed E-state index contributed by atoms with van der Waals surface area (Å²) < 4.78 is 38.1. The number of halogens is 3. The van der Waals surface area contributed by atoms with Gasteiger partial charge in [-0.1, -0.05) is 0 Å². The highest BCUT2D eigenvalue weighted by Gasteiger charge is 2.13. The summed E-state index contributed by atoms with van der Waals surface area (Å²) in [5.74, 6) is -5.04. The van der Waals surface area contributed by atoms with E-state index in [9.17, 15) is 22.8 Å². The third-order valence-corrected chi connectivity index (χ3v) is 1.89. The monoisotopic (exact) mass is 230 g/mol. The predicted molar refractivity (Wildman–Crippen MR) is 50.3 cm³/mol. The van der Waals surface area contributed by atoms with Crippen LogP contribution in [0.15, 0.2) is 12.1 Å². The molecule has 1 rings (SSSR count). The zero-order chi connectivity index (χ0) is 12.3. The first-order valence-corrected chi connectivity index (χ1v) is 4.54. The first-order chi connectivity index (χ1) is 7.40. The number of hydrogen-bond acceptors (Lipinski definition) is 2. The van der Waals surface area contributed by atoms with Crippen LogP contribution in [0.3, 0.4) is 0 Å². The molecule has 0 N–H and O–H groups in total. The number of Topliss-reactive ketones (excluding diaryl/α,β-unsaturated/α-hetero) is 2. The largest absolute Gasteiger partial charge is 0.300 e. The first-order valence-electron chi connectivity index (χ1n) is 4.54. The van der Waals surface area contributed by atoms with E-state index in [0.717, 1.165) is 12.1 Å². The molecule has 1 aromatic rings. The van der Waals surface area contributed by atoms with Crippen molar-refractivity contribution in [2.75, 3.05) is 0 Å². The Hall–Kier alpha value is -1.65. The lowest BCUT2D eigenvalue weighted by molar-refractivity contribution is -0.125. The maximum absolute atomic E-state index is 12.8. The third-order valence-electron chi connectivity index (χ3n) is 1.89. The van der Waals surface area contributed by atoms with Crippen molar-refractivity contribution in [1.29, 1.82) is 0 Å². The fourth-order valence-corrected chi connectivity index (χ4v) is 1.28. The second-order valence-corrected chi connectivity index (χ2v) is 3.47. The molecule has 16 heavy (non-hydrogen) atoms. The molecule has 0 fully saturated rings. The molecule has 0 atom stereocenters. The van der Waals surface area contributed by atoms with Gasteiger partial charge in [0.15, 0.2) is 17.5 Å². The minimum absolute atomic E-state index is 0.0163. The summed E-state index contributed by atoms with van der Waals surface area (Å²) in [4.78, 5) is 21.8. The van der Waals surface area contributed by atoms with Crippen LogP contribution in [0.2, 0.25) is 0 Å². The van der Waals surface area contributed by atoms with E-state index in [2.05, 4.69) is 0 Å². The van der Waals surface area contributed by atoms with Gasteiger partial charge in [0, 0.05) is 6.42 Å². The number of benzene rings is 1. The van der Waals surface area contributed by atoms with Gasteiger partial charge in [-0.3, -0.25) is 9.59 Å². The van der Waals surface area contributed by atoms with E-state index < -0.39 is 23.2 Å². The maximum Gasteiger partial charge on any atom is 0.194 e. The third kappa shape index (κ3) is 3.18. The lowest BCUT2D eigenvalue weighted by Crippen LogP contribution is -2.08. The van der Waals surface area contributed by atoms with Crippen LogP contribution in [0.25, 0.3) is 0 Å². The van der Waals surface area contributed by atoms with E-state index in [4.69, 9.17) is 0 Å². The average Bonchev–Trinajstić information content (AvgIpc) is 2.12. The number of rotatable bonds is 4. The van der Waals surface area contributed by atoms with Gasteiger partial charge >= 0.3 is 0 Å².